The molecule has 37 heavy (non-hydrogen) atoms. The number of hydrogen-bond acceptors (Lipinski definition) is 1. The van der Waals surface area contributed by atoms with Crippen LogP contribution in [0.2, 0.25) is 12.1 Å². The van der Waals surface area contributed by atoms with E-state index in [-0.39, 0.29) is 0 Å². The first kappa shape index (κ1) is 27.3. The first-order chi connectivity index (χ1) is 18.2. The molecule has 0 saturated heterocycles. The van der Waals surface area contributed by atoms with Crippen molar-refractivity contribution in [2.45, 2.75) is 64.5 Å². The molecule has 0 radical (unpaired) electrons. The van der Waals surface area contributed by atoms with Crippen molar-refractivity contribution in [3.63, 3.8) is 0 Å². The van der Waals surface area contributed by atoms with Crippen molar-refractivity contribution in [1.29, 1.82) is 0 Å². The van der Waals surface area contributed by atoms with Crippen LogP contribution in [0.1, 0.15) is 52.4 Å². The molecule has 0 aliphatic heterocycles. The second-order valence-electron chi connectivity index (χ2n) is 10.1. The molecule has 4 rings (SSSR count). The van der Waals surface area contributed by atoms with Crippen molar-refractivity contribution in [2.75, 3.05) is 0 Å². The molecule has 0 saturated carbocycles. The Morgan fingerprint density at radius 1 is 0.405 bits per heavy atom. The predicted molar refractivity (Wildman–Crippen MR) is 166 cm³/mol. The molecule has 192 valence electrons. The highest BCUT2D eigenvalue weighted by Gasteiger charge is 2.49. The quantitative estimate of drug-likeness (QED) is 0.129. The largest absolute Gasteiger partial charge is 0.442 e. The summed E-state index contributed by atoms with van der Waals surface area (Å²) in [6.45, 7) is 4.60. The standard InChI is InChI=1S/C34H42OSi2/c1-3-5-19-29-36(31-21-11-7-12-22-31,32-23-13-8-14-24-32)35-37(30-20-6-4-2,33-25-15-9-16-26-33)34-27-17-10-18-28-34/h7-18,21-28H,3-6,19-20,29-30H2,1-2H3. The van der Waals surface area contributed by atoms with Gasteiger partial charge in [0.05, 0.1) is 0 Å². The molecule has 4 aromatic carbocycles. The highest BCUT2D eigenvalue weighted by atomic mass is 28.4. The Bertz CT molecular complexity index is 990. The summed E-state index contributed by atoms with van der Waals surface area (Å²) in [6, 6.07) is 47.1. The van der Waals surface area contributed by atoms with Crippen LogP contribution < -0.4 is 20.7 Å². The van der Waals surface area contributed by atoms with Gasteiger partial charge in [0.25, 0.3) is 0 Å². The summed E-state index contributed by atoms with van der Waals surface area (Å²) in [4.78, 5) is 0. The lowest BCUT2D eigenvalue weighted by Gasteiger charge is -2.44. The molecule has 0 amide bonds. The third-order valence-corrected chi connectivity index (χ3v) is 17.5. The Labute approximate surface area is 226 Å². The lowest BCUT2D eigenvalue weighted by molar-refractivity contribution is 0.552. The first-order valence-electron chi connectivity index (χ1n) is 14.2. The van der Waals surface area contributed by atoms with Gasteiger partial charge in [-0.1, -0.05) is 174 Å². The molecule has 3 heteroatoms. The van der Waals surface area contributed by atoms with Gasteiger partial charge in [0, 0.05) is 0 Å². The van der Waals surface area contributed by atoms with Crippen LogP contribution in [0.3, 0.4) is 0 Å². The van der Waals surface area contributed by atoms with Crippen LogP contribution in [-0.4, -0.2) is 16.6 Å². The average Bonchev–Trinajstić information content (AvgIpc) is 2.98. The summed E-state index contributed by atoms with van der Waals surface area (Å²) in [5, 5.41) is 5.60. The van der Waals surface area contributed by atoms with Crippen LogP contribution >= 0.6 is 0 Å². The van der Waals surface area contributed by atoms with Gasteiger partial charge in [0.15, 0.2) is 0 Å². The van der Waals surface area contributed by atoms with Crippen molar-refractivity contribution in [3.8, 4) is 0 Å². The zero-order chi connectivity index (χ0) is 25.8. The van der Waals surface area contributed by atoms with Gasteiger partial charge in [-0.15, -0.1) is 0 Å². The highest BCUT2D eigenvalue weighted by Crippen LogP contribution is 2.27. The third kappa shape index (κ3) is 6.41. The fourth-order valence-corrected chi connectivity index (χ4v) is 16.9. The van der Waals surface area contributed by atoms with E-state index in [1.54, 1.807) is 0 Å². The minimum atomic E-state index is -2.58. The maximum Gasteiger partial charge on any atom is 0.245 e. The molecule has 0 bridgehead atoms. The van der Waals surface area contributed by atoms with Crippen LogP contribution in [0.5, 0.6) is 0 Å². The second-order valence-corrected chi connectivity index (χ2v) is 17.6. The summed E-state index contributed by atoms with van der Waals surface area (Å²) < 4.78 is 8.14. The lowest BCUT2D eigenvalue weighted by atomic mass is 10.3. The van der Waals surface area contributed by atoms with Crippen molar-refractivity contribution < 1.29 is 4.12 Å². The van der Waals surface area contributed by atoms with Crippen LogP contribution in [0.4, 0.5) is 0 Å². The molecule has 0 unspecified atom stereocenters. The molecule has 0 heterocycles. The number of unbranched alkanes of at least 4 members (excludes halogenated alkanes) is 4. The molecule has 1 nitrogen and oxygen atoms in total. The summed E-state index contributed by atoms with van der Waals surface area (Å²) in [5.41, 5.74) is 0. The van der Waals surface area contributed by atoms with Crippen molar-refractivity contribution in [2.24, 2.45) is 0 Å². The van der Waals surface area contributed by atoms with Gasteiger partial charge < -0.3 is 4.12 Å². The van der Waals surface area contributed by atoms with Crippen LogP contribution in [0.25, 0.3) is 0 Å². The normalized spacial score (nSPS) is 11.9. The molecule has 0 aromatic heterocycles. The Hall–Kier alpha value is -2.73. The van der Waals surface area contributed by atoms with Gasteiger partial charge in [-0.2, -0.15) is 0 Å². The van der Waals surface area contributed by atoms with Crippen molar-refractivity contribution in [1.82, 2.24) is 0 Å². The molecule has 0 atom stereocenters. The topological polar surface area (TPSA) is 9.23 Å². The monoisotopic (exact) mass is 522 g/mol. The minimum absolute atomic E-state index is 1.11. The Balaban J connectivity index is 1.98. The SMILES string of the molecule is CCCCC[Si](O[Si](CCCCC)(c1ccccc1)c1ccccc1)(c1ccccc1)c1ccccc1. The maximum atomic E-state index is 8.14. The van der Waals surface area contributed by atoms with E-state index >= 15 is 0 Å². The zero-order valence-electron chi connectivity index (χ0n) is 22.6. The minimum Gasteiger partial charge on any atom is -0.442 e. The molecule has 0 fully saturated rings. The second kappa shape index (κ2) is 13.7. The van der Waals surface area contributed by atoms with E-state index in [4.69, 9.17) is 4.12 Å². The highest BCUT2D eigenvalue weighted by molar-refractivity contribution is 7.09. The summed E-state index contributed by atoms with van der Waals surface area (Å²) in [6.07, 6.45) is 7.28. The van der Waals surface area contributed by atoms with Gasteiger partial charge in [0.1, 0.15) is 0 Å². The van der Waals surface area contributed by atoms with Crippen LogP contribution in [0.15, 0.2) is 121 Å². The molecule has 0 N–H and O–H groups in total. The van der Waals surface area contributed by atoms with Crippen LogP contribution in [-0.2, 0) is 4.12 Å². The van der Waals surface area contributed by atoms with E-state index in [1.807, 2.05) is 0 Å². The fourth-order valence-electron chi connectivity index (χ4n) is 5.62. The van der Waals surface area contributed by atoms with Gasteiger partial charge in [-0.3, -0.25) is 0 Å². The van der Waals surface area contributed by atoms with Crippen LogP contribution in [0, 0.1) is 0 Å². The van der Waals surface area contributed by atoms with E-state index in [9.17, 15) is 0 Å². The number of benzene rings is 4. The summed E-state index contributed by atoms with van der Waals surface area (Å²) >= 11 is 0. The van der Waals surface area contributed by atoms with E-state index in [1.165, 1.54) is 59.3 Å². The molecular weight excluding hydrogens is 481 g/mol. The smallest absolute Gasteiger partial charge is 0.245 e. The summed E-state index contributed by atoms with van der Waals surface area (Å²) in [7, 11) is -5.17. The van der Waals surface area contributed by atoms with Gasteiger partial charge in [0.2, 0.25) is 16.6 Å². The van der Waals surface area contributed by atoms with Crippen molar-refractivity contribution >= 4 is 37.4 Å². The van der Waals surface area contributed by atoms with E-state index in [0.29, 0.717) is 0 Å². The van der Waals surface area contributed by atoms with Crippen molar-refractivity contribution in [3.05, 3.63) is 121 Å². The molecule has 0 spiro atoms. The first-order valence-corrected chi connectivity index (χ1v) is 18.4. The fraction of sp³-hybridized carbons (Fsp3) is 0.294. The molecular formula is C34H42OSi2. The molecule has 0 aliphatic carbocycles. The van der Waals surface area contributed by atoms with Gasteiger partial charge in [-0.05, 0) is 32.8 Å². The Kier molecular flexibility index (Phi) is 10.1. The summed E-state index contributed by atoms with van der Waals surface area (Å²) in [5.74, 6) is 0. The number of hydrogen-bond donors (Lipinski definition) is 0. The maximum absolute atomic E-state index is 8.14. The Morgan fingerprint density at radius 3 is 0.919 bits per heavy atom. The predicted octanol–water partition coefficient (Wildman–Crippen LogP) is 6.90. The van der Waals surface area contributed by atoms with E-state index < -0.39 is 16.6 Å². The van der Waals surface area contributed by atoms with E-state index in [0.717, 1.165) is 12.1 Å². The molecule has 0 aliphatic rings. The third-order valence-electron chi connectivity index (χ3n) is 7.57. The molecule has 4 aromatic rings. The zero-order valence-corrected chi connectivity index (χ0v) is 24.6. The lowest BCUT2D eigenvalue weighted by Crippen LogP contribution is -2.72. The van der Waals surface area contributed by atoms with E-state index in [2.05, 4.69) is 135 Å². The Morgan fingerprint density at radius 2 is 0.676 bits per heavy atom. The van der Waals surface area contributed by atoms with Gasteiger partial charge >= 0.3 is 0 Å². The number of rotatable bonds is 14. The average molecular weight is 523 g/mol. The van der Waals surface area contributed by atoms with Gasteiger partial charge in [-0.25, -0.2) is 0 Å².